The lowest BCUT2D eigenvalue weighted by Crippen LogP contribution is -2.47. The molecule has 1 N–H and O–H groups in total. The lowest BCUT2D eigenvalue weighted by molar-refractivity contribution is -0.144. The number of nitrogens with zero attached hydrogens (tertiary/aromatic N) is 1. The van der Waals surface area contributed by atoms with E-state index < -0.39 is 0 Å². The number of piperidine rings is 1. The molecule has 1 fully saturated rings. The molecule has 1 aliphatic rings. The summed E-state index contributed by atoms with van der Waals surface area (Å²) in [6, 6.07) is 27.2. The maximum absolute atomic E-state index is 13.4. The molecule has 164 valence electrons. The van der Waals surface area contributed by atoms with E-state index in [0.717, 1.165) is 22.4 Å². The van der Waals surface area contributed by atoms with Crippen molar-refractivity contribution < 1.29 is 14.3 Å². The highest BCUT2D eigenvalue weighted by Crippen LogP contribution is 2.38. The van der Waals surface area contributed by atoms with Crippen LogP contribution in [0.25, 0.3) is 0 Å². The number of methoxy groups -OCH3 is 1. The largest absolute Gasteiger partial charge is 0.496 e. The Balaban J connectivity index is 1.59. The standard InChI is InChI=1S/C27H28N2O3/c1-32-24-15-9-8-14-22(24)18-28-27(31)23-16-17-25(30)29(19-20-10-4-2-5-11-20)26(23)21-12-6-3-7-13-21/h2-15,23,26H,16-19H2,1H3,(H,28,31). The predicted molar refractivity (Wildman–Crippen MR) is 124 cm³/mol. The van der Waals surface area contributed by atoms with Crippen LogP contribution in [0.5, 0.6) is 5.75 Å². The number of amides is 2. The zero-order valence-electron chi connectivity index (χ0n) is 18.2. The van der Waals surface area contributed by atoms with Crippen LogP contribution in [0.3, 0.4) is 0 Å². The molecule has 32 heavy (non-hydrogen) atoms. The maximum atomic E-state index is 13.4. The number of benzene rings is 3. The van der Waals surface area contributed by atoms with Crippen molar-refractivity contribution in [3.63, 3.8) is 0 Å². The van der Waals surface area contributed by atoms with E-state index in [4.69, 9.17) is 4.74 Å². The molecule has 1 saturated heterocycles. The SMILES string of the molecule is COc1ccccc1CNC(=O)C1CCC(=O)N(Cc2ccccc2)C1c1ccccc1. The van der Waals surface area contributed by atoms with Crippen molar-refractivity contribution in [3.8, 4) is 5.75 Å². The van der Waals surface area contributed by atoms with E-state index in [0.29, 0.717) is 25.9 Å². The van der Waals surface area contributed by atoms with Crippen LogP contribution in [0, 0.1) is 5.92 Å². The number of carbonyl (C=O) groups excluding carboxylic acids is 2. The first-order valence-electron chi connectivity index (χ1n) is 11.0. The van der Waals surface area contributed by atoms with Crippen molar-refractivity contribution in [1.82, 2.24) is 10.2 Å². The second-order valence-electron chi connectivity index (χ2n) is 8.04. The Kier molecular flexibility index (Phi) is 6.85. The van der Waals surface area contributed by atoms with Crippen LogP contribution < -0.4 is 10.1 Å². The smallest absolute Gasteiger partial charge is 0.225 e. The number of hydrogen-bond donors (Lipinski definition) is 1. The van der Waals surface area contributed by atoms with Gasteiger partial charge >= 0.3 is 0 Å². The Bertz CT molecular complexity index is 1050. The third-order valence-corrected chi connectivity index (χ3v) is 6.03. The van der Waals surface area contributed by atoms with Crippen molar-refractivity contribution in [3.05, 3.63) is 102 Å². The minimum atomic E-state index is -0.325. The van der Waals surface area contributed by atoms with E-state index in [2.05, 4.69) is 5.32 Å². The normalized spacial score (nSPS) is 18.3. The van der Waals surface area contributed by atoms with E-state index in [9.17, 15) is 9.59 Å². The minimum absolute atomic E-state index is 0.0460. The monoisotopic (exact) mass is 428 g/mol. The fraction of sp³-hybridized carbons (Fsp3) is 0.259. The first kappa shape index (κ1) is 21.6. The molecule has 0 radical (unpaired) electrons. The summed E-state index contributed by atoms with van der Waals surface area (Å²) in [6.45, 7) is 0.864. The van der Waals surface area contributed by atoms with Crippen molar-refractivity contribution in [2.24, 2.45) is 5.92 Å². The second kappa shape index (κ2) is 10.1. The molecule has 0 aliphatic carbocycles. The van der Waals surface area contributed by atoms with Crippen LogP contribution in [-0.2, 0) is 22.7 Å². The van der Waals surface area contributed by atoms with Crippen molar-refractivity contribution >= 4 is 11.8 Å². The van der Waals surface area contributed by atoms with E-state index >= 15 is 0 Å². The lowest BCUT2D eigenvalue weighted by Gasteiger charge is -2.41. The van der Waals surface area contributed by atoms with Crippen LogP contribution >= 0.6 is 0 Å². The second-order valence-corrected chi connectivity index (χ2v) is 8.04. The van der Waals surface area contributed by atoms with E-state index in [1.807, 2.05) is 89.8 Å². The summed E-state index contributed by atoms with van der Waals surface area (Å²) in [4.78, 5) is 28.2. The predicted octanol–water partition coefficient (Wildman–Crippen LogP) is 4.49. The highest BCUT2D eigenvalue weighted by Gasteiger charge is 2.40. The number of nitrogens with one attached hydrogen (secondary N) is 1. The van der Waals surface area contributed by atoms with Gasteiger partial charge < -0.3 is 15.0 Å². The van der Waals surface area contributed by atoms with Gasteiger partial charge in [0.1, 0.15) is 5.75 Å². The van der Waals surface area contributed by atoms with Crippen molar-refractivity contribution in [2.75, 3.05) is 7.11 Å². The number of ether oxygens (including phenoxy) is 1. The highest BCUT2D eigenvalue weighted by molar-refractivity contribution is 5.85. The van der Waals surface area contributed by atoms with Crippen LogP contribution in [0.4, 0.5) is 0 Å². The first-order chi connectivity index (χ1) is 15.7. The summed E-state index contributed by atoms with van der Waals surface area (Å²) in [7, 11) is 1.63. The van der Waals surface area contributed by atoms with E-state index in [-0.39, 0.29) is 23.8 Å². The number of carbonyl (C=O) groups is 2. The van der Waals surface area contributed by atoms with Gasteiger partial charge in [-0.05, 0) is 23.6 Å². The quantitative estimate of drug-likeness (QED) is 0.603. The van der Waals surface area contributed by atoms with Gasteiger partial charge in [-0.1, -0.05) is 78.9 Å². The topological polar surface area (TPSA) is 58.6 Å². The first-order valence-corrected chi connectivity index (χ1v) is 11.0. The summed E-state index contributed by atoms with van der Waals surface area (Å²) in [5.41, 5.74) is 2.96. The molecule has 3 aromatic rings. The highest BCUT2D eigenvalue weighted by atomic mass is 16.5. The van der Waals surface area contributed by atoms with Crippen LogP contribution in [-0.4, -0.2) is 23.8 Å². The Morgan fingerprint density at radius 2 is 1.62 bits per heavy atom. The van der Waals surface area contributed by atoms with Crippen LogP contribution in [0.2, 0.25) is 0 Å². The fourth-order valence-corrected chi connectivity index (χ4v) is 4.42. The molecule has 0 aromatic heterocycles. The zero-order chi connectivity index (χ0) is 22.3. The van der Waals surface area contributed by atoms with Gasteiger partial charge in [0.25, 0.3) is 0 Å². The summed E-state index contributed by atoms with van der Waals surface area (Å²) >= 11 is 0. The third kappa shape index (κ3) is 4.83. The van der Waals surface area contributed by atoms with E-state index in [1.165, 1.54) is 0 Å². The number of rotatable bonds is 7. The maximum Gasteiger partial charge on any atom is 0.225 e. The van der Waals surface area contributed by atoms with Gasteiger partial charge in [-0.2, -0.15) is 0 Å². The summed E-state index contributed by atoms with van der Waals surface area (Å²) in [5, 5.41) is 3.09. The third-order valence-electron chi connectivity index (χ3n) is 6.03. The molecule has 2 unspecified atom stereocenters. The molecule has 1 heterocycles. The van der Waals surface area contributed by atoms with Gasteiger partial charge in [-0.25, -0.2) is 0 Å². The molecule has 0 spiro atoms. The molecule has 2 atom stereocenters. The van der Waals surface area contributed by atoms with Crippen molar-refractivity contribution in [1.29, 1.82) is 0 Å². The van der Waals surface area contributed by atoms with Gasteiger partial charge in [0.2, 0.25) is 11.8 Å². The minimum Gasteiger partial charge on any atom is -0.496 e. The van der Waals surface area contributed by atoms with Gasteiger partial charge in [0, 0.05) is 25.1 Å². The van der Waals surface area contributed by atoms with Gasteiger partial charge in [-0.3, -0.25) is 9.59 Å². The van der Waals surface area contributed by atoms with Gasteiger partial charge in [0.15, 0.2) is 0 Å². The molecule has 2 amide bonds. The molecule has 4 rings (SSSR count). The summed E-state index contributed by atoms with van der Waals surface area (Å²) < 4.78 is 5.41. The Morgan fingerprint density at radius 1 is 0.969 bits per heavy atom. The van der Waals surface area contributed by atoms with Crippen LogP contribution in [0.15, 0.2) is 84.9 Å². The average Bonchev–Trinajstić information content (AvgIpc) is 2.85. The van der Waals surface area contributed by atoms with Gasteiger partial charge in [-0.15, -0.1) is 0 Å². The number of likely N-dealkylation sites (tertiary alicyclic amines) is 1. The molecule has 0 bridgehead atoms. The van der Waals surface area contributed by atoms with Gasteiger partial charge in [0.05, 0.1) is 19.1 Å². The Labute approximate surface area is 189 Å². The van der Waals surface area contributed by atoms with E-state index in [1.54, 1.807) is 7.11 Å². The molecule has 3 aromatic carbocycles. The van der Waals surface area contributed by atoms with Crippen LogP contribution in [0.1, 0.15) is 35.6 Å². The molecule has 1 aliphatic heterocycles. The van der Waals surface area contributed by atoms with Crippen molar-refractivity contribution in [2.45, 2.75) is 32.0 Å². The summed E-state index contributed by atoms with van der Waals surface area (Å²) in [6.07, 6.45) is 0.893. The number of hydrogen-bond acceptors (Lipinski definition) is 3. The number of para-hydroxylation sites is 1. The molecule has 0 saturated carbocycles. The molecular formula is C27H28N2O3. The molecular weight excluding hydrogens is 400 g/mol. The molecule has 5 heteroatoms. The molecule has 5 nitrogen and oxygen atoms in total. The Morgan fingerprint density at radius 3 is 2.34 bits per heavy atom. The summed E-state index contributed by atoms with van der Waals surface area (Å²) in [5.74, 6) is 0.456. The average molecular weight is 429 g/mol. The zero-order valence-corrected chi connectivity index (χ0v) is 18.2. The Hall–Kier alpha value is -3.60. The lowest BCUT2D eigenvalue weighted by atomic mass is 9.83. The fourth-order valence-electron chi connectivity index (χ4n) is 4.42.